The summed E-state index contributed by atoms with van der Waals surface area (Å²) >= 11 is 0. The molecule has 0 bridgehead atoms. The van der Waals surface area contributed by atoms with E-state index in [0.29, 0.717) is 0 Å². The number of hydrogen-bond acceptors (Lipinski definition) is 4. The van der Waals surface area contributed by atoms with E-state index in [4.69, 9.17) is 4.74 Å². The molecule has 26 heavy (non-hydrogen) atoms. The highest BCUT2D eigenvalue weighted by atomic mass is 16.5. The summed E-state index contributed by atoms with van der Waals surface area (Å²) in [4.78, 5) is 4.62. The Morgan fingerprint density at radius 1 is 1.12 bits per heavy atom. The third kappa shape index (κ3) is 7.32. The molecule has 1 aromatic rings. The molecule has 0 unspecified atom stereocenters. The molecule has 7 heteroatoms. The van der Waals surface area contributed by atoms with Crippen LogP contribution in [0, 0.1) is 0 Å². The van der Waals surface area contributed by atoms with Crippen LogP contribution < -0.4 is 10.6 Å². The lowest BCUT2D eigenvalue weighted by atomic mass is 10.2. The zero-order valence-electron chi connectivity index (χ0n) is 16.6. The molecule has 1 aliphatic rings. The maximum Gasteiger partial charge on any atom is 0.191 e. The van der Waals surface area contributed by atoms with Gasteiger partial charge in [0.2, 0.25) is 0 Å². The highest BCUT2D eigenvalue weighted by Crippen LogP contribution is 2.14. The second-order valence-corrected chi connectivity index (χ2v) is 6.75. The molecule has 148 valence electrons. The maximum atomic E-state index is 5.58. The fourth-order valence-corrected chi connectivity index (χ4v) is 3.07. The van der Waals surface area contributed by atoms with E-state index in [2.05, 4.69) is 44.2 Å². The van der Waals surface area contributed by atoms with Crippen LogP contribution in [0.2, 0.25) is 0 Å². The summed E-state index contributed by atoms with van der Waals surface area (Å²) in [6.07, 6.45) is 8.97. The van der Waals surface area contributed by atoms with Crippen LogP contribution >= 0.6 is 0 Å². The van der Waals surface area contributed by atoms with Crippen LogP contribution in [-0.2, 0) is 24.1 Å². The van der Waals surface area contributed by atoms with Crippen molar-refractivity contribution in [2.45, 2.75) is 71.8 Å². The van der Waals surface area contributed by atoms with E-state index in [1.807, 2.05) is 0 Å². The third-order valence-electron chi connectivity index (χ3n) is 4.53. The Morgan fingerprint density at radius 2 is 2.00 bits per heavy atom. The number of nitrogens with zero attached hydrogens (tertiary/aromatic N) is 4. The molecular formula is C19H36N6O. The Hall–Kier alpha value is -1.63. The SMILES string of the molecule is CCCCOCCCN=C(NCC)NCCc1nnc2n1CCCCC2. The zero-order valence-corrected chi connectivity index (χ0v) is 16.6. The molecule has 0 fully saturated rings. The van der Waals surface area contributed by atoms with Crippen molar-refractivity contribution in [3.8, 4) is 0 Å². The fourth-order valence-electron chi connectivity index (χ4n) is 3.07. The lowest BCUT2D eigenvalue weighted by molar-refractivity contribution is 0.130. The Morgan fingerprint density at radius 3 is 2.85 bits per heavy atom. The minimum absolute atomic E-state index is 0.780. The molecule has 0 saturated carbocycles. The van der Waals surface area contributed by atoms with Gasteiger partial charge in [-0.25, -0.2) is 0 Å². The minimum atomic E-state index is 0.780. The third-order valence-corrected chi connectivity index (χ3v) is 4.53. The summed E-state index contributed by atoms with van der Waals surface area (Å²) in [5.74, 6) is 3.12. The van der Waals surface area contributed by atoms with E-state index in [9.17, 15) is 0 Å². The van der Waals surface area contributed by atoms with Gasteiger partial charge >= 0.3 is 0 Å². The highest BCUT2D eigenvalue weighted by Gasteiger charge is 2.14. The molecule has 0 atom stereocenters. The smallest absolute Gasteiger partial charge is 0.191 e. The van der Waals surface area contributed by atoms with Gasteiger partial charge in [-0.2, -0.15) is 0 Å². The van der Waals surface area contributed by atoms with Crippen molar-refractivity contribution in [1.29, 1.82) is 0 Å². The molecule has 1 aliphatic heterocycles. The predicted molar refractivity (Wildman–Crippen MR) is 106 cm³/mol. The fraction of sp³-hybridized carbons (Fsp3) is 0.842. The first-order valence-corrected chi connectivity index (χ1v) is 10.4. The number of aliphatic imine (C=N–C) groups is 1. The molecule has 0 spiro atoms. The summed E-state index contributed by atoms with van der Waals surface area (Å²) in [6, 6.07) is 0. The number of ether oxygens (including phenoxy) is 1. The molecule has 1 aromatic heterocycles. The van der Waals surface area contributed by atoms with E-state index < -0.39 is 0 Å². The van der Waals surface area contributed by atoms with Crippen LogP contribution in [-0.4, -0.2) is 53.6 Å². The topological polar surface area (TPSA) is 76.4 Å². The number of fused-ring (bicyclic) bond motifs is 1. The van der Waals surface area contributed by atoms with Crippen molar-refractivity contribution in [3.05, 3.63) is 11.6 Å². The minimum Gasteiger partial charge on any atom is -0.381 e. The van der Waals surface area contributed by atoms with Crippen LogP contribution in [0.15, 0.2) is 4.99 Å². The summed E-state index contributed by atoms with van der Waals surface area (Å²) in [5, 5.41) is 15.5. The molecule has 2 rings (SSSR count). The van der Waals surface area contributed by atoms with Crippen LogP contribution in [0.5, 0.6) is 0 Å². The van der Waals surface area contributed by atoms with Crippen molar-refractivity contribution >= 4 is 5.96 Å². The largest absolute Gasteiger partial charge is 0.381 e. The average Bonchev–Trinajstić information content (AvgIpc) is 2.87. The number of guanidine groups is 1. The first kappa shape index (κ1) is 20.7. The molecule has 2 N–H and O–H groups in total. The second kappa shape index (κ2) is 12.7. The normalized spacial score (nSPS) is 14.8. The first-order valence-electron chi connectivity index (χ1n) is 10.4. The Labute approximate surface area is 158 Å². The van der Waals surface area contributed by atoms with Gasteiger partial charge in [0.05, 0.1) is 0 Å². The molecule has 0 radical (unpaired) electrons. The van der Waals surface area contributed by atoms with Gasteiger partial charge < -0.3 is 19.9 Å². The number of aromatic nitrogens is 3. The summed E-state index contributed by atoms with van der Waals surface area (Å²) in [5.41, 5.74) is 0. The number of unbranched alkanes of at least 4 members (excludes halogenated alkanes) is 1. The van der Waals surface area contributed by atoms with Crippen molar-refractivity contribution in [3.63, 3.8) is 0 Å². The van der Waals surface area contributed by atoms with Crippen LogP contribution in [0.1, 0.15) is 64.0 Å². The van der Waals surface area contributed by atoms with E-state index in [1.54, 1.807) is 0 Å². The van der Waals surface area contributed by atoms with Crippen LogP contribution in [0.4, 0.5) is 0 Å². The van der Waals surface area contributed by atoms with E-state index in [-0.39, 0.29) is 0 Å². The Kier molecular flexibility index (Phi) is 10.1. The van der Waals surface area contributed by atoms with Gasteiger partial charge in [0.15, 0.2) is 5.96 Å². The quantitative estimate of drug-likeness (QED) is 0.358. The van der Waals surface area contributed by atoms with Gasteiger partial charge in [-0.05, 0) is 32.6 Å². The number of rotatable bonds is 11. The van der Waals surface area contributed by atoms with Gasteiger partial charge in [0.25, 0.3) is 0 Å². The Balaban J connectivity index is 1.71. The standard InChI is InChI=1S/C19H36N6O/c1-3-5-15-26-16-9-12-21-19(20-4-2)22-13-11-18-24-23-17-10-7-6-8-14-25(17)18/h3-16H2,1-2H3,(H2,20,21,22). The maximum absolute atomic E-state index is 5.58. The van der Waals surface area contributed by atoms with Crippen LogP contribution in [0.25, 0.3) is 0 Å². The van der Waals surface area contributed by atoms with E-state index >= 15 is 0 Å². The van der Waals surface area contributed by atoms with Gasteiger partial charge in [0.1, 0.15) is 11.6 Å². The predicted octanol–water partition coefficient (Wildman–Crippen LogP) is 2.31. The first-order chi connectivity index (χ1) is 12.8. The van der Waals surface area contributed by atoms with Crippen LogP contribution in [0.3, 0.4) is 0 Å². The lowest BCUT2D eigenvalue weighted by Gasteiger charge is -2.12. The summed E-state index contributed by atoms with van der Waals surface area (Å²) in [7, 11) is 0. The molecule has 7 nitrogen and oxygen atoms in total. The Bertz CT molecular complexity index is 528. The molecule has 0 aromatic carbocycles. The number of nitrogens with one attached hydrogen (secondary N) is 2. The van der Waals surface area contributed by atoms with E-state index in [0.717, 1.165) is 82.7 Å². The van der Waals surface area contributed by atoms with Gasteiger partial charge in [-0.1, -0.05) is 19.8 Å². The molecule has 2 heterocycles. The van der Waals surface area contributed by atoms with E-state index in [1.165, 1.54) is 25.7 Å². The van der Waals surface area contributed by atoms with Gasteiger partial charge in [-0.3, -0.25) is 4.99 Å². The number of aryl methyl sites for hydroxylation is 1. The molecular weight excluding hydrogens is 328 g/mol. The van der Waals surface area contributed by atoms with Crippen molar-refractivity contribution in [2.24, 2.45) is 4.99 Å². The van der Waals surface area contributed by atoms with Gasteiger partial charge in [0, 0.05) is 52.2 Å². The van der Waals surface area contributed by atoms with Crippen molar-refractivity contribution in [2.75, 3.05) is 32.8 Å². The molecule has 0 amide bonds. The van der Waals surface area contributed by atoms with Gasteiger partial charge in [-0.15, -0.1) is 10.2 Å². The monoisotopic (exact) mass is 364 g/mol. The van der Waals surface area contributed by atoms with Crippen molar-refractivity contribution < 1.29 is 4.74 Å². The summed E-state index contributed by atoms with van der Waals surface area (Å²) in [6.45, 7) is 9.43. The summed E-state index contributed by atoms with van der Waals surface area (Å²) < 4.78 is 7.89. The molecule has 0 saturated heterocycles. The lowest BCUT2D eigenvalue weighted by Crippen LogP contribution is -2.38. The zero-order chi connectivity index (χ0) is 18.5. The number of hydrogen-bond donors (Lipinski definition) is 2. The van der Waals surface area contributed by atoms with Crippen molar-refractivity contribution in [1.82, 2.24) is 25.4 Å². The second-order valence-electron chi connectivity index (χ2n) is 6.75. The molecule has 0 aliphatic carbocycles. The highest BCUT2D eigenvalue weighted by molar-refractivity contribution is 5.79. The average molecular weight is 365 g/mol.